The maximum absolute atomic E-state index is 10.6. The molecular formula is C15H13BrO2. The molecule has 1 atom stereocenters. The third-order valence-electron chi connectivity index (χ3n) is 2.73. The lowest BCUT2D eigenvalue weighted by Crippen LogP contribution is -2.00. The number of benzene rings is 2. The summed E-state index contributed by atoms with van der Waals surface area (Å²) < 4.78 is 0. The van der Waals surface area contributed by atoms with Gasteiger partial charge in [-0.05, 0) is 16.7 Å². The van der Waals surface area contributed by atoms with Gasteiger partial charge in [0, 0.05) is 4.83 Å². The van der Waals surface area contributed by atoms with E-state index in [-0.39, 0.29) is 11.2 Å². The van der Waals surface area contributed by atoms with E-state index >= 15 is 0 Å². The van der Waals surface area contributed by atoms with Crippen molar-refractivity contribution in [3.05, 3.63) is 60.2 Å². The molecule has 18 heavy (non-hydrogen) atoms. The van der Waals surface area contributed by atoms with Gasteiger partial charge in [-0.2, -0.15) is 0 Å². The first-order valence-corrected chi connectivity index (χ1v) is 6.59. The predicted molar refractivity (Wildman–Crippen MR) is 75.8 cm³/mol. The van der Waals surface area contributed by atoms with Gasteiger partial charge in [-0.3, -0.25) is 4.79 Å². The molecule has 0 bridgehead atoms. The molecule has 92 valence electrons. The Bertz CT molecular complexity index is 520. The minimum atomic E-state index is -0.802. The fourth-order valence-corrected chi connectivity index (χ4v) is 2.37. The Hall–Kier alpha value is -1.61. The number of alkyl halides is 1. The third kappa shape index (κ3) is 3.20. The van der Waals surface area contributed by atoms with Gasteiger partial charge in [0.25, 0.3) is 0 Å². The molecule has 2 rings (SSSR count). The van der Waals surface area contributed by atoms with Crippen LogP contribution in [-0.2, 0) is 4.79 Å². The highest BCUT2D eigenvalue weighted by molar-refractivity contribution is 9.09. The Morgan fingerprint density at radius 2 is 1.56 bits per heavy atom. The summed E-state index contributed by atoms with van der Waals surface area (Å²) in [6, 6.07) is 18.0. The number of rotatable bonds is 4. The van der Waals surface area contributed by atoms with E-state index in [0.29, 0.717) is 0 Å². The standard InChI is InChI=1S/C15H13BrO2/c16-14(10-15(17)18)13-8-6-12(7-9-13)11-4-2-1-3-5-11/h1-9,14H,10H2,(H,17,18). The maximum atomic E-state index is 10.6. The van der Waals surface area contributed by atoms with Crippen LogP contribution < -0.4 is 0 Å². The number of carbonyl (C=O) groups is 1. The van der Waals surface area contributed by atoms with Gasteiger partial charge < -0.3 is 5.11 Å². The number of carboxylic acids is 1. The molecule has 2 aromatic carbocycles. The Kier molecular flexibility index (Phi) is 4.15. The molecule has 2 aromatic rings. The van der Waals surface area contributed by atoms with Crippen LogP contribution >= 0.6 is 15.9 Å². The van der Waals surface area contributed by atoms with E-state index in [1.54, 1.807) is 0 Å². The van der Waals surface area contributed by atoms with Crippen LogP contribution in [-0.4, -0.2) is 11.1 Å². The van der Waals surface area contributed by atoms with Gasteiger partial charge in [0.05, 0.1) is 6.42 Å². The van der Waals surface area contributed by atoms with Crippen molar-refractivity contribution < 1.29 is 9.90 Å². The van der Waals surface area contributed by atoms with Gasteiger partial charge in [-0.25, -0.2) is 0 Å². The van der Waals surface area contributed by atoms with Gasteiger partial charge in [0.15, 0.2) is 0 Å². The molecule has 0 saturated carbocycles. The van der Waals surface area contributed by atoms with Crippen molar-refractivity contribution in [3.63, 3.8) is 0 Å². The van der Waals surface area contributed by atoms with Crippen LogP contribution in [0.1, 0.15) is 16.8 Å². The molecule has 3 heteroatoms. The zero-order chi connectivity index (χ0) is 13.0. The summed E-state index contributed by atoms with van der Waals surface area (Å²) in [5.41, 5.74) is 3.28. The Balaban J connectivity index is 2.18. The van der Waals surface area contributed by atoms with Gasteiger partial charge in [0.2, 0.25) is 0 Å². The van der Waals surface area contributed by atoms with Crippen LogP contribution in [0.15, 0.2) is 54.6 Å². The summed E-state index contributed by atoms with van der Waals surface area (Å²) >= 11 is 3.39. The molecular weight excluding hydrogens is 292 g/mol. The largest absolute Gasteiger partial charge is 0.481 e. The maximum Gasteiger partial charge on any atom is 0.304 e. The number of aliphatic carboxylic acids is 1. The first kappa shape index (κ1) is 12.8. The van der Waals surface area contributed by atoms with Gasteiger partial charge in [-0.1, -0.05) is 70.5 Å². The normalized spacial score (nSPS) is 12.1. The van der Waals surface area contributed by atoms with Crippen molar-refractivity contribution >= 4 is 21.9 Å². The van der Waals surface area contributed by atoms with Gasteiger partial charge >= 0.3 is 5.97 Å². The minimum Gasteiger partial charge on any atom is -0.481 e. The zero-order valence-corrected chi connectivity index (χ0v) is 11.3. The lowest BCUT2D eigenvalue weighted by Gasteiger charge is -2.08. The topological polar surface area (TPSA) is 37.3 Å². The quantitative estimate of drug-likeness (QED) is 0.857. The first-order valence-electron chi connectivity index (χ1n) is 5.68. The van der Waals surface area contributed by atoms with E-state index in [4.69, 9.17) is 5.11 Å². The Morgan fingerprint density at radius 1 is 1.00 bits per heavy atom. The molecule has 0 amide bonds. The first-order chi connectivity index (χ1) is 8.66. The molecule has 0 aliphatic heterocycles. The number of halogens is 1. The van der Waals surface area contributed by atoms with Crippen molar-refractivity contribution in [1.82, 2.24) is 0 Å². The fourth-order valence-electron chi connectivity index (χ4n) is 1.79. The van der Waals surface area contributed by atoms with Crippen molar-refractivity contribution in [1.29, 1.82) is 0 Å². The number of hydrogen-bond acceptors (Lipinski definition) is 1. The molecule has 0 spiro atoms. The van der Waals surface area contributed by atoms with Crippen LogP contribution in [0.5, 0.6) is 0 Å². The van der Waals surface area contributed by atoms with Crippen molar-refractivity contribution in [3.8, 4) is 11.1 Å². The van der Waals surface area contributed by atoms with E-state index in [2.05, 4.69) is 28.1 Å². The van der Waals surface area contributed by atoms with E-state index < -0.39 is 5.97 Å². The highest BCUT2D eigenvalue weighted by Crippen LogP contribution is 2.28. The van der Waals surface area contributed by atoms with Crippen LogP contribution in [0, 0.1) is 0 Å². The SMILES string of the molecule is O=C(O)CC(Br)c1ccc(-c2ccccc2)cc1. The Labute approximate surface area is 114 Å². The lowest BCUT2D eigenvalue weighted by atomic mass is 10.0. The van der Waals surface area contributed by atoms with Crippen LogP contribution in [0.25, 0.3) is 11.1 Å². The molecule has 0 radical (unpaired) electrons. The number of carboxylic acid groups (broad SMARTS) is 1. The van der Waals surface area contributed by atoms with Crippen LogP contribution in [0.3, 0.4) is 0 Å². The van der Waals surface area contributed by atoms with E-state index in [0.717, 1.165) is 16.7 Å². The molecule has 2 nitrogen and oxygen atoms in total. The second kappa shape index (κ2) is 5.83. The second-order valence-electron chi connectivity index (χ2n) is 4.05. The molecule has 0 aliphatic rings. The van der Waals surface area contributed by atoms with E-state index in [1.807, 2.05) is 42.5 Å². The van der Waals surface area contributed by atoms with Crippen molar-refractivity contribution in [2.24, 2.45) is 0 Å². The van der Waals surface area contributed by atoms with Gasteiger partial charge in [0.1, 0.15) is 0 Å². The molecule has 0 heterocycles. The summed E-state index contributed by atoms with van der Waals surface area (Å²) in [5.74, 6) is -0.802. The molecule has 1 N–H and O–H groups in total. The molecule has 0 fully saturated rings. The van der Waals surface area contributed by atoms with Crippen molar-refractivity contribution in [2.45, 2.75) is 11.2 Å². The molecule has 0 saturated heterocycles. The summed E-state index contributed by atoms with van der Waals surface area (Å²) in [5, 5.41) is 8.75. The average Bonchev–Trinajstić information content (AvgIpc) is 2.39. The summed E-state index contributed by atoms with van der Waals surface area (Å²) in [6.07, 6.45) is 0.0880. The second-order valence-corrected chi connectivity index (χ2v) is 5.16. The zero-order valence-electron chi connectivity index (χ0n) is 9.71. The van der Waals surface area contributed by atoms with Gasteiger partial charge in [-0.15, -0.1) is 0 Å². The minimum absolute atomic E-state index is 0.0880. The number of hydrogen-bond donors (Lipinski definition) is 1. The Morgan fingerprint density at radius 3 is 2.11 bits per heavy atom. The predicted octanol–water partition coefficient (Wildman–Crippen LogP) is 4.26. The summed E-state index contributed by atoms with van der Waals surface area (Å²) in [4.78, 5) is 10.5. The molecule has 0 aromatic heterocycles. The summed E-state index contributed by atoms with van der Waals surface area (Å²) in [6.45, 7) is 0. The van der Waals surface area contributed by atoms with Crippen molar-refractivity contribution in [2.75, 3.05) is 0 Å². The smallest absolute Gasteiger partial charge is 0.304 e. The monoisotopic (exact) mass is 304 g/mol. The fraction of sp³-hybridized carbons (Fsp3) is 0.133. The van der Waals surface area contributed by atoms with E-state index in [1.165, 1.54) is 0 Å². The summed E-state index contributed by atoms with van der Waals surface area (Å²) in [7, 11) is 0. The van der Waals surface area contributed by atoms with Crippen LogP contribution in [0.2, 0.25) is 0 Å². The molecule has 1 unspecified atom stereocenters. The van der Waals surface area contributed by atoms with Crippen LogP contribution in [0.4, 0.5) is 0 Å². The lowest BCUT2D eigenvalue weighted by molar-refractivity contribution is -0.136. The average molecular weight is 305 g/mol. The third-order valence-corrected chi connectivity index (χ3v) is 3.59. The highest BCUT2D eigenvalue weighted by atomic mass is 79.9. The van der Waals surface area contributed by atoms with E-state index in [9.17, 15) is 4.79 Å². The highest BCUT2D eigenvalue weighted by Gasteiger charge is 2.11. The molecule has 0 aliphatic carbocycles.